The van der Waals surface area contributed by atoms with Gasteiger partial charge < -0.3 is 5.73 Å². The summed E-state index contributed by atoms with van der Waals surface area (Å²) in [7, 11) is 0. The van der Waals surface area contributed by atoms with Gasteiger partial charge in [0.1, 0.15) is 17.3 Å². The van der Waals surface area contributed by atoms with Crippen molar-refractivity contribution in [2.24, 2.45) is 0 Å². The lowest BCUT2D eigenvalue weighted by atomic mass is 10.1. The van der Waals surface area contributed by atoms with E-state index in [4.69, 9.17) is 5.73 Å². The van der Waals surface area contributed by atoms with Crippen molar-refractivity contribution in [3.05, 3.63) is 53.6 Å². The van der Waals surface area contributed by atoms with Crippen LogP contribution in [0.2, 0.25) is 0 Å². The predicted octanol–water partition coefficient (Wildman–Crippen LogP) is 2.50. The number of hydrogen-bond acceptors (Lipinski definition) is 4. The molecule has 0 bridgehead atoms. The highest BCUT2D eigenvalue weighted by molar-refractivity contribution is 5.61. The fourth-order valence-electron chi connectivity index (χ4n) is 2.01. The second-order valence-corrected chi connectivity index (χ2v) is 4.61. The molecule has 3 aromatic rings. The normalized spacial score (nSPS) is 10.8. The van der Waals surface area contributed by atoms with Crippen molar-refractivity contribution < 1.29 is 8.78 Å². The second-order valence-electron chi connectivity index (χ2n) is 4.61. The number of aromatic nitrogens is 4. The van der Waals surface area contributed by atoms with Gasteiger partial charge in [0.15, 0.2) is 5.82 Å². The maximum absolute atomic E-state index is 14.0. The number of hydrogen-bond donors (Lipinski definition) is 1. The third-order valence-corrected chi connectivity index (χ3v) is 3.03. The molecule has 2 N–H and O–H groups in total. The molecule has 0 saturated carbocycles. The number of anilines is 1. The second kappa shape index (κ2) is 4.93. The van der Waals surface area contributed by atoms with Gasteiger partial charge in [-0.3, -0.25) is 0 Å². The predicted molar refractivity (Wildman–Crippen MR) is 73.7 cm³/mol. The summed E-state index contributed by atoms with van der Waals surface area (Å²) in [4.78, 5) is 0. The quantitative estimate of drug-likeness (QED) is 0.735. The lowest BCUT2D eigenvalue weighted by molar-refractivity contribution is 0.604. The number of aryl methyl sites for hydroxylation is 1. The summed E-state index contributed by atoms with van der Waals surface area (Å²) in [5.41, 5.74) is 6.87. The first-order valence-electron chi connectivity index (χ1n) is 6.16. The molecular weight excluding hydrogens is 276 g/mol. The minimum absolute atomic E-state index is 0.107. The van der Waals surface area contributed by atoms with Crippen molar-refractivity contribution in [2.75, 3.05) is 5.73 Å². The first-order chi connectivity index (χ1) is 10.1. The van der Waals surface area contributed by atoms with Gasteiger partial charge in [0.25, 0.3) is 0 Å². The van der Waals surface area contributed by atoms with E-state index >= 15 is 0 Å². The van der Waals surface area contributed by atoms with Crippen molar-refractivity contribution in [1.29, 1.82) is 0 Å². The number of nitrogens with zero attached hydrogens (tertiary/aromatic N) is 4. The van der Waals surface area contributed by atoms with Gasteiger partial charge in [0, 0.05) is 5.69 Å². The molecule has 7 heteroatoms. The largest absolute Gasteiger partial charge is 0.399 e. The van der Waals surface area contributed by atoms with Crippen LogP contribution < -0.4 is 5.73 Å². The van der Waals surface area contributed by atoms with E-state index < -0.39 is 11.6 Å². The van der Waals surface area contributed by atoms with Crippen LogP contribution in [0.15, 0.2) is 36.4 Å². The van der Waals surface area contributed by atoms with Crippen LogP contribution >= 0.6 is 0 Å². The number of halogens is 2. The summed E-state index contributed by atoms with van der Waals surface area (Å²) in [6.07, 6.45) is 0. The summed E-state index contributed by atoms with van der Waals surface area (Å²) in [6, 6.07) is 8.78. The average Bonchev–Trinajstić information content (AvgIpc) is 2.87. The molecule has 0 atom stereocenters. The minimum atomic E-state index is -0.571. The maximum atomic E-state index is 14.0. The monoisotopic (exact) mass is 287 g/mol. The molecule has 21 heavy (non-hydrogen) atoms. The zero-order valence-electron chi connectivity index (χ0n) is 11.1. The van der Waals surface area contributed by atoms with Crippen molar-refractivity contribution in [3.63, 3.8) is 0 Å². The fourth-order valence-corrected chi connectivity index (χ4v) is 2.01. The van der Waals surface area contributed by atoms with Gasteiger partial charge in [-0.2, -0.15) is 4.68 Å². The third-order valence-electron chi connectivity index (χ3n) is 3.03. The van der Waals surface area contributed by atoms with E-state index in [-0.39, 0.29) is 22.8 Å². The van der Waals surface area contributed by atoms with Crippen LogP contribution in [0.1, 0.15) is 5.56 Å². The third kappa shape index (κ3) is 2.33. The number of tetrazole rings is 1. The smallest absolute Gasteiger partial charge is 0.190 e. The molecule has 0 saturated heterocycles. The Kier molecular flexibility index (Phi) is 3.09. The van der Waals surface area contributed by atoms with Crippen molar-refractivity contribution in [3.8, 4) is 17.1 Å². The van der Waals surface area contributed by atoms with E-state index in [0.29, 0.717) is 0 Å². The Morgan fingerprint density at radius 2 is 1.86 bits per heavy atom. The molecular formula is C14H11F2N5. The first-order valence-corrected chi connectivity index (χ1v) is 6.16. The number of benzene rings is 2. The van der Waals surface area contributed by atoms with E-state index in [1.54, 1.807) is 19.1 Å². The molecule has 0 aliphatic carbocycles. The molecule has 0 aliphatic rings. The molecule has 3 rings (SSSR count). The van der Waals surface area contributed by atoms with Crippen LogP contribution in [0.25, 0.3) is 17.1 Å². The summed E-state index contributed by atoms with van der Waals surface area (Å²) in [5, 5.41) is 11.0. The van der Waals surface area contributed by atoms with Gasteiger partial charge in [0.2, 0.25) is 0 Å². The van der Waals surface area contributed by atoms with E-state index in [2.05, 4.69) is 15.5 Å². The minimum Gasteiger partial charge on any atom is -0.399 e. The summed E-state index contributed by atoms with van der Waals surface area (Å²) in [6.45, 7) is 1.77. The number of nitrogen functional groups attached to an aromatic ring is 1. The van der Waals surface area contributed by atoms with Gasteiger partial charge >= 0.3 is 0 Å². The summed E-state index contributed by atoms with van der Waals surface area (Å²) >= 11 is 0. The highest BCUT2D eigenvalue weighted by Gasteiger charge is 2.17. The highest BCUT2D eigenvalue weighted by atomic mass is 19.1. The van der Waals surface area contributed by atoms with E-state index in [1.807, 2.05) is 0 Å². The first kappa shape index (κ1) is 13.2. The number of rotatable bonds is 2. The molecule has 5 nitrogen and oxygen atoms in total. The van der Waals surface area contributed by atoms with Crippen molar-refractivity contribution >= 4 is 5.69 Å². The Morgan fingerprint density at radius 1 is 1.05 bits per heavy atom. The molecule has 0 radical (unpaired) electrons. The highest BCUT2D eigenvalue weighted by Crippen LogP contribution is 2.25. The van der Waals surface area contributed by atoms with Crippen LogP contribution in [-0.4, -0.2) is 20.2 Å². The van der Waals surface area contributed by atoms with E-state index in [9.17, 15) is 8.78 Å². The van der Waals surface area contributed by atoms with Gasteiger partial charge in [-0.25, -0.2) is 8.78 Å². The molecule has 0 fully saturated rings. The summed E-state index contributed by atoms with van der Waals surface area (Å²) in [5.74, 6) is -0.951. The molecule has 0 amide bonds. The van der Waals surface area contributed by atoms with Crippen molar-refractivity contribution in [2.45, 2.75) is 6.92 Å². The van der Waals surface area contributed by atoms with Crippen LogP contribution in [0.3, 0.4) is 0 Å². The lowest BCUT2D eigenvalue weighted by Crippen LogP contribution is -2.04. The van der Waals surface area contributed by atoms with Crippen LogP contribution in [0, 0.1) is 18.6 Å². The zero-order valence-corrected chi connectivity index (χ0v) is 11.1. The van der Waals surface area contributed by atoms with Crippen LogP contribution in [-0.2, 0) is 0 Å². The molecule has 0 spiro atoms. The lowest BCUT2D eigenvalue weighted by Gasteiger charge is -2.07. The maximum Gasteiger partial charge on any atom is 0.190 e. The Labute approximate surface area is 119 Å². The van der Waals surface area contributed by atoms with Crippen molar-refractivity contribution in [1.82, 2.24) is 20.2 Å². The molecule has 106 valence electrons. The molecule has 1 heterocycles. The van der Waals surface area contributed by atoms with Gasteiger partial charge in [0.05, 0.1) is 5.56 Å². The molecule has 1 aromatic heterocycles. The Balaban J connectivity index is 2.17. The SMILES string of the molecule is Cc1ccc(-n2nnnc2-c2ccc(N)cc2F)c(F)c1. The molecule has 0 unspecified atom stereocenters. The van der Waals surface area contributed by atoms with Crippen LogP contribution in [0.5, 0.6) is 0 Å². The topological polar surface area (TPSA) is 69.6 Å². The summed E-state index contributed by atoms with van der Waals surface area (Å²) < 4.78 is 29.2. The van der Waals surface area contributed by atoms with Gasteiger partial charge in [-0.1, -0.05) is 6.07 Å². The van der Waals surface area contributed by atoms with Gasteiger partial charge in [-0.05, 0) is 53.2 Å². The average molecular weight is 287 g/mol. The van der Waals surface area contributed by atoms with E-state index in [0.717, 1.165) is 10.2 Å². The Morgan fingerprint density at radius 3 is 2.57 bits per heavy atom. The zero-order chi connectivity index (χ0) is 15.0. The van der Waals surface area contributed by atoms with Crippen LogP contribution in [0.4, 0.5) is 14.5 Å². The molecule has 2 aromatic carbocycles. The Bertz CT molecular complexity index is 747. The standard InChI is InChI=1S/C14H11F2N5/c1-8-2-5-13(12(16)6-8)21-14(18-19-20-21)10-4-3-9(17)7-11(10)15/h2-7H,17H2,1H3. The fraction of sp³-hybridized carbons (Fsp3) is 0.0714. The number of nitrogens with two attached hydrogens (primary N) is 1. The Hall–Kier alpha value is -2.83. The van der Waals surface area contributed by atoms with Gasteiger partial charge in [-0.15, -0.1) is 5.10 Å². The van der Waals surface area contributed by atoms with E-state index in [1.165, 1.54) is 24.3 Å². The molecule has 0 aliphatic heterocycles.